The number of fused-ring (bicyclic) bond motifs is 1. The molecule has 3 heterocycles. The van der Waals surface area contributed by atoms with E-state index in [-0.39, 0.29) is 18.4 Å². The van der Waals surface area contributed by atoms with E-state index in [0.717, 1.165) is 25.0 Å². The molecule has 1 aromatic rings. The molecule has 0 N–H and O–H groups in total. The van der Waals surface area contributed by atoms with Crippen LogP contribution in [-0.4, -0.2) is 64.2 Å². The molecule has 0 unspecified atom stereocenters. The summed E-state index contributed by atoms with van der Waals surface area (Å²) >= 11 is 0. The van der Waals surface area contributed by atoms with Gasteiger partial charge in [0, 0.05) is 30.2 Å². The lowest BCUT2D eigenvalue weighted by Gasteiger charge is -2.41. The highest BCUT2D eigenvalue weighted by Gasteiger charge is 2.42. The fourth-order valence-electron chi connectivity index (χ4n) is 5.23. The van der Waals surface area contributed by atoms with Crippen LogP contribution in [0.1, 0.15) is 99.1 Å². The van der Waals surface area contributed by atoms with Crippen molar-refractivity contribution in [3.63, 3.8) is 0 Å². The van der Waals surface area contributed by atoms with Gasteiger partial charge < -0.3 is 4.90 Å². The van der Waals surface area contributed by atoms with Crippen LogP contribution in [0.5, 0.6) is 0 Å². The highest BCUT2D eigenvalue weighted by molar-refractivity contribution is 5.30. The van der Waals surface area contributed by atoms with Crippen LogP contribution in [0, 0.1) is 11.8 Å². The number of rotatable bonds is 1. The molecule has 0 spiro atoms. The van der Waals surface area contributed by atoms with Crippen molar-refractivity contribution in [2.45, 2.75) is 124 Å². The number of alkyl halides is 3. The number of nitrogens with zero attached hydrogens (tertiary/aromatic N) is 3. The second-order valence-corrected chi connectivity index (χ2v) is 13.6. The number of hydrogen-bond acceptors (Lipinski definition) is 3. The average molecular weight is 526 g/mol. The number of likely N-dealkylation sites (tertiary alicyclic amines) is 2. The first-order chi connectivity index (χ1) is 17.0. The molecule has 0 atom stereocenters. The fraction of sp³-hybridized carbons (Fsp3) is 0.806. The predicted molar refractivity (Wildman–Crippen MR) is 151 cm³/mol. The highest BCUT2D eigenvalue weighted by atomic mass is 19.4. The zero-order valence-corrected chi connectivity index (χ0v) is 25.1. The molecular formula is C31H54F3N3. The van der Waals surface area contributed by atoms with Crippen LogP contribution in [0.2, 0.25) is 0 Å². The van der Waals surface area contributed by atoms with E-state index in [0.29, 0.717) is 18.6 Å². The van der Waals surface area contributed by atoms with Crippen molar-refractivity contribution in [2.24, 2.45) is 11.8 Å². The minimum atomic E-state index is -4.00. The van der Waals surface area contributed by atoms with E-state index >= 15 is 0 Å². The maximum atomic E-state index is 12.3. The molecule has 2 saturated heterocycles. The standard InChI is InChI=1S/C12H17N.C10H18F3N.C9H19N/c1-12(2,3)13-8-10-6-4-5-7-11(10)9-13;1-9(2,3)14-6-4-8(5-7-14)10(11,12)13;1-8(2)10-6-4-9(3)5-7-10/h4-7H,8-9H2,1-3H3;8H,4-7H2,1-3H3;8-9H,4-7H2,1-3H3. The lowest BCUT2D eigenvalue weighted by molar-refractivity contribution is -0.187. The van der Waals surface area contributed by atoms with Crippen LogP contribution < -0.4 is 0 Å². The molecule has 3 aliphatic heterocycles. The van der Waals surface area contributed by atoms with E-state index in [2.05, 4.69) is 80.5 Å². The van der Waals surface area contributed by atoms with Crippen molar-refractivity contribution >= 4 is 0 Å². The molecule has 37 heavy (non-hydrogen) atoms. The van der Waals surface area contributed by atoms with Gasteiger partial charge in [-0.15, -0.1) is 0 Å². The van der Waals surface area contributed by atoms with Crippen LogP contribution in [0.3, 0.4) is 0 Å². The van der Waals surface area contributed by atoms with Crippen molar-refractivity contribution in [1.29, 1.82) is 0 Å². The van der Waals surface area contributed by atoms with E-state index in [4.69, 9.17) is 0 Å². The Morgan fingerprint density at radius 1 is 0.703 bits per heavy atom. The summed E-state index contributed by atoms with van der Waals surface area (Å²) in [4.78, 5) is 7.20. The summed E-state index contributed by atoms with van der Waals surface area (Å²) in [7, 11) is 0. The van der Waals surface area contributed by atoms with E-state index in [1.54, 1.807) is 0 Å². The average Bonchev–Trinajstić information content (AvgIpc) is 3.24. The maximum absolute atomic E-state index is 12.3. The van der Waals surface area contributed by atoms with E-state index in [1.165, 1.54) is 37.1 Å². The van der Waals surface area contributed by atoms with Gasteiger partial charge in [-0.2, -0.15) is 13.2 Å². The summed E-state index contributed by atoms with van der Waals surface area (Å²) in [6.07, 6.45) is -0.693. The van der Waals surface area contributed by atoms with E-state index in [9.17, 15) is 13.2 Å². The van der Waals surface area contributed by atoms with Gasteiger partial charge in [-0.05, 0) is 124 Å². The zero-order valence-electron chi connectivity index (χ0n) is 25.1. The van der Waals surface area contributed by atoms with Crippen molar-refractivity contribution < 1.29 is 13.2 Å². The molecule has 0 bridgehead atoms. The summed E-state index contributed by atoms with van der Waals surface area (Å²) in [5.74, 6) is -0.115. The molecule has 3 nitrogen and oxygen atoms in total. The summed E-state index contributed by atoms with van der Waals surface area (Å²) in [6, 6.07) is 9.49. The minimum Gasteiger partial charge on any atom is -0.301 e. The quantitative estimate of drug-likeness (QED) is 0.368. The summed E-state index contributed by atoms with van der Waals surface area (Å²) in [5.41, 5.74) is 3.28. The van der Waals surface area contributed by atoms with E-state index < -0.39 is 12.1 Å². The molecule has 2 fully saturated rings. The second-order valence-electron chi connectivity index (χ2n) is 13.6. The highest BCUT2D eigenvalue weighted by Crippen LogP contribution is 2.35. The third-order valence-electron chi connectivity index (χ3n) is 8.24. The molecule has 0 aliphatic carbocycles. The van der Waals surface area contributed by atoms with Gasteiger partial charge >= 0.3 is 6.18 Å². The normalized spacial score (nSPS) is 21.2. The topological polar surface area (TPSA) is 9.72 Å². The van der Waals surface area contributed by atoms with Crippen LogP contribution in [0.25, 0.3) is 0 Å². The fourth-order valence-corrected chi connectivity index (χ4v) is 5.23. The number of halogens is 3. The van der Waals surface area contributed by atoms with Crippen molar-refractivity contribution in [2.75, 3.05) is 26.2 Å². The molecule has 0 amide bonds. The van der Waals surface area contributed by atoms with Crippen molar-refractivity contribution in [3.8, 4) is 0 Å². The van der Waals surface area contributed by atoms with Gasteiger partial charge in [-0.1, -0.05) is 31.2 Å². The summed E-state index contributed by atoms with van der Waals surface area (Å²) in [6.45, 7) is 25.9. The largest absolute Gasteiger partial charge is 0.391 e. The third-order valence-corrected chi connectivity index (χ3v) is 8.24. The van der Waals surface area contributed by atoms with Crippen molar-refractivity contribution in [3.05, 3.63) is 35.4 Å². The Balaban J connectivity index is 0.000000198. The minimum absolute atomic E-state index is 0.00340. The smallest absolute Gasteiger partial charge is 0.301 e. The van der Waals surface area contributed by atoms with Crippen LogP contribution in [-0.2, 0) is 13.1 Å². The van der Waals surface area contributed by atoms with Gasteiger partial charge in [0.2, 0.25) is 0 Å². The van der Waals surface area contributed by atoms with Gasteiger partial charge in [0.1, 0.15) is 0 Å². The molecule has 0 radical (unpaired) electrons. The Morgan fingerprint density at radius 3 is 1.49 bits per heavy atom. The molecule has 0 aromatic heterocycles. The maximum Gasteiger partial charge on any atom is 0.391 e. The van der Waals surface area contributed by atoms with Crippen molar-refractivity contribution in [1.82, 2.24) is 14.7 Å². The predicted octanol–water partition coefficient (Wildman–Crippen LogP) is 7.99. The zero-order chi connectivity index (χ0) is 28.0. The van der Waals surface area contributed by atoms with Crippen LogP contribution in [0.15, 0.2) is 24.3 Å². The van der Waals surface area contributed by atoms with Gasteiger partial charge in [0.05, 0.1) is 5.92 Å². The Hall–Kier alpha value is -1.11. The second kappa shape index (κ2) is 13.3. The lowest BCUT2D eigenvalue weighted by atomic mass is 9.93. The summed E-state index contributed by atoms with van der Waals surface area (Å²) < 4.78 is 37.0. The van der Waals surface area contributed by atoms with Crippen LogP contribution >= 0.6 is 0 Å². The SMILES string of the molecule is CC(C)(C)N1CCC(C(F)(F)F)CC1.CC(C)(C)N1Cc2ccccc2C1.CC1CCN(C(C)C)CC1. The Kier molecular flexibility index (Phi) is 11.5. The summed E-state index contributed by atoms with van der Waals surface area (Å²) in [5, 5.41) is 0. The first-order valence-electron chi connectivity index (χ1n) is 14.4. The number of piperidine rings is 2. The Labute approximate surface area is 225 Å². The molecule has 0 saturated carbocycles. The van der Waals surface area contributed by atoms with Gasteiger partial charge in [-0.3, -0.25) is 9.80 Å². The molecule has 4 rings (SSSR count). The van der Waals surface area contributed by atoms with E-state index in [1.807, 2.05) is 20.8 Å². The number of benzene rings is 1. The monoisotopic (exact) mass is 525 g/mol. The Morgan fingerprint density at radius 2 is 1.14 bits per heavy atom. The molecule has 3 aliphatic rings. The first-order valence-corrected chi connectivity index (χ1v) is 14.4. The lowest BCUT2D eigenvalue weighted by Crippen LogP contribution is -2.48. The number of hydrogen-bond donors (Lipinski definition) is 0. The first kappa shape index (κ1) is 32.1. The van der Waals surface area contributed by atoms with Gasteiger partial charge in [0.15, 0.2) is 0 Å². The molecule has 6 heteroatoms. The molecular weight excluding hydrogens is 471 g/mol. The van der Waals surface area contributed by atoms with Crippen LogP contribution in [0.4, 0.5) is 13.2 Å². The molecule has 214 valence electrons. The van der Waals surface area contributed by atoms with Gasteiger partial charge in [-0.25, -0.2) is 0 Å². The Bertz CT molecular complexity index is 744. The van der Waals surface area contributed by atoms with Gasteiger partial charge in [0.25, 0.3) is 0 Å². The third kappa shape index (κ3) is 10.5. The molecule has 1 aromatic carbocycles.